The van der Waals surface area contributed by atoms with E-state index in [1.165, 1.54) is 6.08 Å². The van der Waals surface area contributed by atoms with E-state index in [1.54, 1.807) is 52.0 Å². The summed E-state index contributed by atoms with van der Waals surface area (Å²) in [6.07, 6.45) is 13.1. The summed E-state index contributed by atoms with van der Waals surface area (Å²) in [5, 5.41) is 34.8. The number of unbranched alkanes of at least 4 members (excludes halogenated alkanes) is 3. The number of esters is 2. The smallest absolute Gasteiger partial charge is 0.331 e. The van der Waals surface area contributed by atoms with Crippen LogP contribution >= 0.6 is 0 Å². The van der Waals surface area contributed by atoms with Crippen LogP contribution in [0.4, 0.5) is 0 Å². The van der Waals surface area contributed by atoms with Gasteiger partial charge in [-0.05, 0) is 30.9 Å². The van der Waals surface area contributed by atoms with Gasteiger partial charge < -0.3 is 24.8 Å². The molecule has 0 aromatic carbocycles. The van der Waals surface area contributed by atoms with Crippen LogP contribution in [0.5, 0.6) is 0 Å². The Balaban J connectivity index is 1.78. The molecule has 0 aromatic rings. The van der Waals surface area contributed by atoms with Gasteiger partial charge >= 0.3 is 11.9 Å². The first-order valence-corrected chi connectivity index (χ1v) is 15.4. The number of hydrogen-bond donors (Lipinski definition) is 3. The first kappa shape index (κ1) is 32.4. The molecule has 0 amide bonds. The second-order valence-electron chi connectivity index (χ2n) is 13.7. The van der Waals surface area contributed by atoms with E-state index >= 15 is 0 Å². The molecule has 0 bridgehead atoms. The van der Waals surface area contributed by atoms with Crippen molar-refractivity contribution in [1.29, 1.82) is 0 Å². The molecule has 4 aliphatic carbocycles. The normalized spacial score (nSPS) is 38.5. The average molecular weight is 585 g/mol. The van der Waals surface area contributed by atoms with E-state index in [0.717, 1.165) is 25.7 Å². The number of ketones is 1. The van der Waals surface area contributed by atoms with E-state index in [0.29, 0.717) is 11.1 Å². The van der Waals surface area contributed by atoms with Crippen LogP contribution in [0, 0.1) is 35.0 Å². The molecule has 0 radical (unpaired) electrons. The SMILES string of the molecule is CCCCC/C=C\C=C\C(=O)O[C@@H]1[C@H](C)[C@@]2(O)C(C=C(CO)C[C@]3(O)C(=O)C(C)=CC23)C2C(C)(C)C21OC(=O)C(C)C. The first-order chi connectivity index (χ1) is 19.6. The Morgan fingerprint density at radius 3 is 2.45 bits per heavy atom. The lowest BCUT2D eigenvalue weighted by molar-refractivity contribution is -0.228. The zero-order valence-electron chi connectivity index (χ0n) is 26.1. The highest BCUT2D eigenvalue weighted by atomic mass is 16.6. The Kier molecular flexibility index (Phi) is 8.87. The number of Topliss-reactive ketones (excluding diaryl/α,β-unsaturated/α-hetero) is 1. The van der Waals surface area contributed by atoms with Gasteiger partial charge in [-0.2, -0.15) is 0 Å². The van der Waals surface area contributed by atoms with Crippen molar-refractivity contribution >= 4 is 17.7 Å². The van der Waals surface area contributed by atoms with Gasteiger partial charge in [0.05, 0.1) is 18.1 Å². The summed E-state index contributed by atoms with van der Waals surface area (Å²) < 4.78 is 12.4. The van der Waals surface area contributed by atoms with Crippen LogP contribution < -0.4 is 0 Å². The largest absolute Gasteiger partial charge is 0.455 e. The molecule has 0 saturated heterocycles. The fraction of sp³-hybridized carbons (Fsp3) is 0.676. The van der Waals surface area contributed by atoms with Gasteiger partial charge in [-0.3, -0.25) is 9.59 Å². The molecule has 4 unspecified atom stereocenters. The molecule has 2 fully saturated rings. The summed E-state index contributed by atoms with van der Waals surface area (Å²) in [6, 6.07) is 0. The monoisotopic (exact) mass is 584 g/mol. The molecule has 4 aliphatic rings. The summed E-state index contributed by atoms with van der Waals surface area (Å²) in [5.74, 6) is -5.11. The number of allylic oxidation sites excluding steroid dienone is 3. The molecule has 0 heterocycles. The van der Waals surface area contributed by atoms with Gasteiger partial charge in [0.2, 0.25) is 0 Å². The molecule has 0 spiro atoms. The number of aliphatic hydroxyl groups excluding tert-OH is 1. The zero-order valence-corrected chi connectivity index (χ0v) is 26.1. The minimum Gasteiger partial charge on any atom is -0.455 e. The second kappa shape index (κ2) is 11.5. The Morgan fingerprint density at radius 2 is 1.83 bits per heavy atom. The third-order valence-corrected chi connectivity index (χ3v) is 10.4. The van der Waals surface area contributed by atoms with Gasteiger partial charge in [-0.25, -0.2) is 4.79 Å². The maximum atomic E-state index is 13.3. The van der Waals surface area contributed by atoms with Crippen LogP contribution in [0.15, 0.2) is 47.6 Å². The van der Waals surface area contributed by atoms with Crippen molar-refractivity contribution in [2.24, 2.45) is 35.0 Å². The Bertz CT molecular complexity index is 1220. The van der Waals surface area contributed by atoms with E-state index in [4.69, 9.17) is 9.47 Å². The van der Waals surface area contributed by atoms with Crippen molar-refractivity contribution in [2.75, 3.05) is 6.61 Å². The lowest BCUT2D eigenvalue weighted by Gasteiger charge is -2.53. The molecule has 8 heteroatoms. The number of fused-ring (bicyclic) bond motifs is 5. The van der Waals surface area contributed by atoms with Crippen LogP contribution in [-0.2, 0) is 23.9 Å². The highest BCUT2D eigenvalue weighted by molar-refractivity contribution is 6.04. The maximum Gasteiger partial charge on any atom is 0.331 e. The van der Waals surface area contributed by atoms with Crippen LogP contribution in [0.3, 0.4) is 0 Å². The maximum absolute atomic E-state index is 13.3. The molecule has 4 rings (SSSR count). The molecule has 8 nitrogen and oxygen atoms in total. The lowest BCUT2D eigenvalue weighted by Crippen LogP contribution is -2.66. The third-order valence-electron chi connectivity index (χ3n) is 10.4. The molecular weight excluding hydrogens is 536 g/mol. The molecule has 3 N–H and O–H groups in total. The van der Waals surface area contributed by atoms with Gasteiger partial charge in [0.1, 0.15) is 11.7 Å². The summed E-state index contributed by atoms with van der Waals surface area (Å²) in [7, 11) is 0. The summed E-state index contributed by atoms with van der Waals surface area (Å²) in [6.45, 7) is 12.4. The Hall–Kier alpha value is -2.55. The fourth-order valence-corrected chi connectivity index (χ4v) is 8.09. The predicted molar refractivity (Wildman–Crippen MR) is 158 cm³/mol. The van der Waals surface area contributed by atoms with Crippen LogP contribution in [0.25, 0.3) is 0 Å². The third kappa shape index (κ3) is 4.83. The Morgan fingerprint density at radius 1 is 1.14 bits per heavy atom. The number of hydrogen-bond acceptors (Lipinski definition) is 8. The molecule has 232 valence electrons. The molecule has 0 aromatic heterocycles. The predicted octanol–water partition coefficient (Wildman–Crippen LogP) is 4.38. The van der Waals surface area contributed by atoms with Gasteiger partial charge in [0, 0.05) is 41.6 Å². The van der Waals surface area contributed by atoms with Crippen molar-refractivity contribution < 1.29 is 39.2 Å². The second-order valence-corrected chi connectivity index (χ2v) is 13.7. The number of carbonyl (C=O) groups excluding carboxylic acids is 3. The van der Waals surface area contributed by atoms with Crippen molar-refractivity contribution in [3.05, 3.63) is 47.6 Å². The minimum absolute atomic E-state index is 0.129. The fourth-order valence-electron chi connectivity index (χ4n) is 8.09. The van der Waals surface area contributed by atoms with Crippen molar-refractivity contribution in [1.82, 2.24) is 0 Å². The van der Waals surface area contributed by atoms with Crippen molar-refractivity contribution in [3.63, 3.8) is 0 Å². The molecule has 0 aliphatic heterocycles. The van der Waals surface area contributed by atoms with Crippen LogP contribution in [0.1, 0.15) is 80.6 Å². The van der Waals surface area contributed by atoms with Crippen molar-refractivity contribution in [2.45, 2.75) is 103 Å². The highest BCUT2D eigenvalue weighted by Gasteiger charge is 2.88. The summed E-state index contributed by atoms with van der Waals surface area (Å²) >= 11 is 0. The van der Waals surface area contributed by atoms with E-state index in [9.17, 15) is 29.7 Å². The van der Waals surface area contributed by atoms with Gasteiger partial charge in [0.25, 0.3) is 0 Å². The standard InChI is InChI=1S/C34H48O8/c1-8-9-10-11-12-13-14-15-26(36)41-29-22(5)33(40)24(27-31(6,7)34(27,29)42-30(38)20(2)3)17-23(19-35)18-32(39)25(33)16-21(4)28(32)37/h12-17,20,22,24-25,27,29,35,39-40H,8-11,18-19H2,1-7H3/b13-12-,15-14+/t22-,24?,25?,27?,29+,32+,33+,34?/m0/s1. The topological polar surface area (TPSA) is 130 Å². The van der Waals surface area contributed by atoms with E-state index < -0.39 is 82.2 Å². The number of ether oxygens (including phenoxy) is 2. The molecular formula is C34H48O8. The Labute approximate surface area is 249 Å². The number of aliphatic hydroxyl groups is 3. The molecule has 2 saturated carbocycles. The number of rotatable bonds is 10. The minimum atomic E-state index is -1.96. The molecule has 42 heavy (non-hydrogen) atoms. The average Bonchev–Trinajstić information content (AvgIpc) is 3.36. The van der Waals surface area contributed by atoms with Gasteiger partial charge in [-0.15, -0.1) is 0 Å². The quantitative estimate of drug-likeness (QED) is 0.113. The van der Waals surface area contributed by atoms with E-state index in [1.807, 2.05) is 19.9 Å². The summed E-state index contributed by atoms with van der Waals surface area (Å²) in [5.41, 5.74) is -4.94. The van der Waals surface area contributed by atoms with E-state index in [2.05, 4.69) is 6.92 Å². The number of carbonyl (C=O) groups is 3. The summed E-state index contributed by atoms with van der Waals surface area (Å²) in [4.78, 5) is 39.6. The van der Waals surface area contributed by atoms with Gasteiger partial charge in [-0.1, -0.05) is 84.8 Å². The van der Waals surface area contributed by atoms with Crippen LogP contribution in [0.2, 0.25) is 0 Å². The van der Waals surface area contributed by atoms with Gasteiger partial charge in [0.15, 0.2) is 11.4 Å². The van der Waals surface area contributed by atoms with Crippen molar-refractivity contribution in [3.8, 4) is 0 Å². The first-order valence-electron chi connectivity index (χ1n) is 15.4. The highest BCUT2D eigenvalue weighted by Crippen LogP contribution is 2.77. The van der Waals surface area contributed by atoms with Crippen LogP contribution in [-0.4, -0.2) is 62.6 Å². The lowest BCUT2D eigenvalue weighted by atomic mass is 9.59. The zero-order chi connectivity index (χ0) is 31.3. The van der Waals surface area contributed by atoms with E-state index in [-0.39, 0.29) is 6.42 Å². The molecule has 8 atom stereocenters.